The molecule has 2 atom stereocenters. The fourth-order valence-corrected chi connectivity index (χ4v) is 4.19. The number of hydrogen-bond acceptors (Lipinski definition) is 5. The molecule has 0 radical (unpaired) electrons. The summed E-state index contributed by atoms with van der Waals surface area (Å²) >= 11 is 0. The van der Waals surface area contributed by atoms with E-state index in [-0.39, 0.29) is 11.9 Å². The molecule has 0 aliphatic carbocycles. The van der Waals surface area contributed by atoms with Gasteiger partial charge in [-0.05, 0) is 46.7 Å². The average molecular weight is 348 g/mol. The fourth-order valence-electron chi connectivity index (χ4n) is 4.19. The van der Waals surface area contributed by atoms with E-state index in [4.69, 9.17) is 0 Å². The number of hydrogen-bond donors (Lipinski definition) is 0. The monoisotopic (exact) mass is 348 g/mol. The van der Waals surface area contributed by atoms with E-state index in [1.165, 1.54) is 0 Å². The first-order valence-corrected chi connectivity index (χ1v) is 9.64. The van der Waals surface area contributed by atoms with Crippen molar-refractivity contribution < 1.29 is 4.79 Å². The van der Waals surface area contributed by atoms with E-state index in [0.29, 0.717) is 6.04 Å². The van der Waals surface area contributed by atoms with E-state index < -0.39 is 0 Å². The number of rotatable bonds is 5. The second-order valence-electron chi connectivity index (χ2n) is 7.36. The number of amides is 1. The second kappa shape index (κ2) is 7.83. The van der Waals surface area contributed by atoms with Gasteiger partial charge in [0.25, 0.3) is 0 Å². The van der Waals surface area contributed by atoms with E-state index in [1.807, 2.05) is 18.5 Å². The van der Waals surface area contributed by atoms with Crippen LogP contribution >= 0.6 is 0 Å². The molecule has 0 spiro atoms. The predicted molar refractivity (Wildman–Crippen MR) is 97.4 cm³/mol. The Bertz CT molecular complexity index is 592. The van der Waals surface area contributed by atoms with Gasteiger partial charge in [0.2, 0.25) is 5.91 Å². The number of likely N-dealkylation sites (tertiary alicyclic amines) is 1. The topological polar surface area (TPSA) is 57.5 Å². The van der Waals surface area contributed by atoms with Crippen LogP contribution in [0.4, 0.5) is 0 Å². The van der Waals surface area contributed by atoms with Gasteiger partial charge in [-0.3, -0.25) is 9.69 Å². The third-order valence-electron chi connectivity index (χ3n) is 5.75. The molecular formula is C18H32N6O. The lowest BCUT2D eigenvalue weighted by atomic mass is 10.1. The number of piperazine rings is 1. The number of nitrogens with zero attached hydrogens (tertiary/aromatic N) is 6. The van der Waals surface area contributed by atoms with Crippen LogP contribution in [0.3, 0.4) is 0 Å². The maximum Gasteiger partial charge on any atom is 0.239 e. The molecule has 2 saturated heterocycles. The zero-order chi connectivity index (χ0) is 18.0. The number of aryl methyl sites for hydroxylation is 2. The third kappa shape index (κ3) is 4.03. The summed E-state index contributed by atoms with van der Waals surface area (Å²) in [5, 5.41) is 4.50. The van der Waals surface area contributed by atoms with Crippen LogP contribution in [0.15, 0.2) is 0 Å². The highest BCUT2D eigenvalue weighted by Gasteiger charge is 2.35. The molecule has 2 aliphatic rings. The first kappa shape index (κ1) is 18.3. The minimum atomic E-state index is -0.0504. The Balaban J connectivity index is 1.61. The molecule has 7 nitrogen and oxygen atoms in total. The smallest absolute Gasteiger partial charge is 0.239 e. The van der Waals surface area contributed by atoms with Crippen molar-refractivity contribution >= 4 is 5.91 Å². The molecule has 3 heterocycles. The normalized spacial score (nSPS) is 24.0. The molecule has 3 rings (SSSR count). The first-order chi connectivity index (χ1) is 12.0. The number of aromatic nitrogens is 3. The maximum atomic E-state index is 13.0. The molecule has 2 fully saturated rings. The Labute approximate surface area is 151 Å². The minimum absolute atomic E-state index is 0.0504. The Morgan fingerprint density at radius 3 is 2.52 bits per heavy atom. The van der Waals surface area contributed by atoms with Crippen LogP contribution in [0.25, 0.3) is 0 Å². The van der Waals surface area contributed by atoms with Crippen molar-refractivity contribution in [2.45, 2.75) is 59.2 Å². The summed E-state index contributed by atoms with van der Waals surface area (Å²) in [4.78, 5) is 24.2. The van der Waals surface area contributed by atoms with E-state index in [1.54, 1.807) is 0 Å². The molecule has 1 amide bonds. The number of likely N-dealkylation sites (N-methyl/N-ethyl adjacent to an activating group) is 1. The molecule has 140 valence electrons. The van der Waals surface area contributed by atoms with Crippen LogP contribution in [-0.2, 0) is 11.3 Å². The van der Waals surface area contributed by atoms with Gasteiger partial charge in [0.15, 0.2) is 0 Å². The summed E-state index contributed by atoms with van der Waals surface area (Å²) in [7, 11) is 0. The van der Waals surface area contributed by atoms with Gasteiger partial charge in [0, 0.05) is 32.2 Å². The predicted octanol–water partition coefficient (Wildman–Crippen LogP) is 0.912. The summed E-state index contributed by atoms with van der Waals surface area (Å²) in [5.41, 5.74) is 0. The van der Waals surface area contributed by atoms with E-state index >= 15 is 0 Å². The van der Waals surface area contributed by atoms with Gasteiger partial charge in [-0.2, -0.15) is 5.10 Å². The largest absolute Gasteiger partial charge is 0.339 e. The third-order valence-corrected chi connectivity index (χ3v) is 5.75. The minimum Gasteiger partial charge on any atom is -0.339 e. The summed E-state index contributed by atoms with van der Waals surface area (Å²) in [5.74, 6) is 2.06. The highest BCUT2D eigenvalue weighted by Crippen LogP contribution is 2.23. The van der Waals surface area contributed by atoms with Crippen LogP contribution < -0.4 is 0 Å². The van der Waals surface area contributed by atoms with Crippen molar-refractivity contribution in [2.24, 2.45) is 0 Å². The highest BCUT2D eigenvalue weighted by molar-refractivity contribution is 5.81. The fraction of sp³-hybridized carbons (Fsp3) is 0.833. The van der Waals surface area contributed by atoms with Gasteiger partial charge in [-0.25, -0.2) is 9.67 Å². The van der Waals surface area contributed by atoms with Crippen molar-refractivity contribution in [3.05, 3.63) is 11.6 Å². The molecule has 0 saturated carbocycles. The summed E-state index contributed by atoms with van der Waals surface area (Å²) < 4.78 is 2.00. The lowest BCUT2D eigenvalue weighted by Gasteiger charge is -2.38. The van der Waals surface area contributed by atoms with Crippen molar-refractivity contribution in [1.29, 1.82) is 0 Å². The zero-order valence-corrected chi connectivity index (χ0v) is 16.1. The van der Waals surface area contributed by atoms with Crippen LogP contribution in [-0.4, -0.2) is 86.7 Å². The SMILES string of the molecule is CCN1CCN(C(=O)[C@H](C)N2CCC[C@@H]2Cn2nc(C)nc2C)CC1. The molecular weight excluding hydrogens is 316 g/mol. The van der Waals surface area contributed by atoms with Crippen LogP contribution in [0.2, 0.25) is 0 Å². The Morgan fingerprint density at radius 2 is 1.92 bits per heavy atom. The van der Waals surface area contributed by atoms with Crippen molar-refractivity contribution in [2.75, 3.05) is 39.3 Å². The van der Waals surface area contributed by atoms with Gasteiger partial charge in [-0.15, -0.1) is 0 Å². The second-order valence-corrected chi connectivity index (χ2v) is 7.36. The van der Waals surface area contributed by atoms with Crippen LogP contribution in [0.1, 0.15) is 38.3 Å². The number of carbonyl (C=O) groups excluding carboxylic acids is 1. The Kier molecular flexibility index (Phi) is 5.74. The van der Waals surface area contributed by atoms with Crippen molar-refractivity contribution in [3.63, 3.8) is 0 Å². The standard InChI is InChI=1S/C18H32N6O/c1-5-21-9-11-22(12-10-21)18(25)14(2)23-8-6-7-17(23)13-24-16(4)19-15(3)20-24/h14,17H,5-13H2,1-4H3/t14-,17+/m0/s1. The summed E-state index contributed by atoms with van der Waals surface area (Å²) in [6, 6.07) is 0.321. The molecule has 1 aromatic rings. The van der Waals surface area contributed by atoms with Gasteiger partial charge < -0.3 is 9.80 Å². The summed E-state index contributed by atoms with van der Waals surface area (Å²) in [6.07, 6.45) is 2.28. The molecule has 0 bridgehead atoms. The van der Waals surface area contributed by atoms with Crippen LogP contribution in [0, 0.1) is 13.8 Å². The van der Waals surface area contributed by atoms with Gasteiger partial charge >= 0.3 is 0 Å². The first-order valence-electron chi connectivity index (χ1n) is 9.64. The van der Waals surface area contributed by atoms with Gasteiger partial charge in [-0.1, -0.05) is 6.92 Å². The van der Waals surface area contributed by atoms with E-state index in [2.05, 4.69) is 38.6 Å². The quantitative estimate of drug-likeness (QED) is 0.792. The molecule has 0 aromatic carbocycles. The molecule has 1 aromatic heterocycles. The zero-order valence-electron chi connectivity index (χ0n) is 16.1. The Morgan fingerprint density at radius 1 is 1.20 bits per heavy atom. The van der Waals surface area contributed by atoms with E-state index in [0.717, 1.165) is 70.3 Å². The Hall–Kier alpha value is -1.47. The molecule has 7 heteroatoms. The van der Waals surface area contributed by atoms with Crippen molar-refractivity contribution in [1.82, 2.24) is 29.5 Å². The molecule has 0 N–H and O–H groups in total. The molecule has 25 heavy (non-hydrogen) atoms. The van der Waals surface area contributed by atoms with Gasteiger partial charge in [0.1, 0.15) is 11.6 Å². The highest BCUT2D eigenvalue weighted by atomic mass is 16.2. The molecule has 2 aliphatic heterocycles. The maximum absolute atomic E-state index is 13.0. The average Bonchev–Trinajstić information content (AvgIpc) is 3.20. The number of carbonyl (C=O) groups is 1. The van der Waals surface area contributed by atoms with Gasteiger partial charge in [0.05, 0.1) is 12.6 Å². The lowest BCUT2D eigenvalue weighted by Crippen LogP contribution is -2.55. The molecule has 0 unspecified atom stereocenters. The van der Waals surface area contributed by atoms with E-state index in [9.17, 15) is 4.79 Å². The van der Waals surface area contributed by atoms with Crippen molar-refractivity contribution in [3.8, 4) is 0 Å². The lowest BCUT2D eigenvalue weighted by molar-refractivity contribution is -0.138. The summed E-state index contributed by atoms with van der Waals surface area (Å²) in [6.45, 7) is 14.8. The van der Waals surface area contributed by atoms with Crippen LogP contribution in [0.5, 0.6) is 0 Å².